The first kappa shape index (κ1) is 12.2. The van der Waals surface area contributed by atoms with Gasteiger partial charge < -0.3 is 5.73 Å². The van der Waals surface area contributed by atoms with E-state index in [9.17, 15) is 0 Å². The summed E-state index contributed by atoms with van der Waals surface area (Å²) in [6.07, 6.45) is 7.34. The third-order valence-electron chi connectivity index (χ3n) is 2.34. The van der Waals surface area contributed by atoms with E-state index < -0.39 is 0 Å². The smallest absolute Gasteiger partial charge is 0.134 e. The Labute approximate surface area is 96.4 Å². The summed E-state index contributed by atoms with van der Waals surface area (Å²) in [5, 5.41) is 0. The van der Waals surface area contributed by atoms with Crippen LogP contribution in [0.25, 0.3) is 5.57 Å². The summed E-state index contributed by atoms with van der Waals surface area (Å²) in [4.78, 5) is 8.17. The monoisotopic (exact) mass is 215 g/mol. The van der Waals surface area contributed by atoms with Crippen LogP contribution in [-0.4, -0.2) is 9.97 Å². The van der Waals surface area contributed by atoms with E-state index in [-0.39, 0.29) is 0 Å². The SMILES string of the molecule is C=C(/C=C\C)/C(=C/C)c1c(C)ncnc1N. The molecule has 0 radical (unpaired) electrons. The molecule has 0 saturated carbocycles. The van der Waals surface area contributed by atoms with Crippen LogP contribution in [-0.2, 0) is 0 Å². The molecule has 0 aliphatic heterocycles. The van der Waals surface area contributed by atoms with Crippen LogP contribution in [0.4, 0.5) is 5.82 Å². The molecule has 3 nitrogen and oxygen atoms in total. The van der Waals surface area contributed by atoms with Crippen molar-refractivity contribution in [3.05, 3.63) is 48.0 Å². The topological polar surface area (TPSA) is 51.8 Å². The Morgan fingerprint density at radius 3 is 2.56 bits per heavy atom. The van der Waals surface area contributed by atoms with Crippen molar-refractivity contribution >= 4 is 11.4 Å². The second-order valence-corrected chi connectivity index (χ2v) is 3.45. The summed E-state index contributed by atoms with van der Waals surface area (Å²) >= 11 is 0. The highest BCUT2D eigenvalue weighted by atomic mass is 14.9. The Kier molecular flexibility index (Phi) is 4.00. The van der Waals surface area contributed by atoms with Gasteiger partial charge in [-0.15, -0.1) is 0 Å². The zero-order valence-electron chi connectivity index (χ0n) is 9.99. The fourth-order valence-electron chi connectivity index (χ4n) is 1.61. The van der Waals surface area contributed by atoms with Crippen LogP contribution in [0.15, 0.2) is 36.7 Å². The standard InChI is InChI=1S/C13H17N3/c1-5-7-9(3)11(6-2)12-10(4)15-8-16-13(12)14/h5-8H,3H2,1-2,4H3,(H2,14,15,16)/b7-5-,11-6-. The van der Waals surface area contributed by atoms with Gasteiger partial charge in [-0.25, -0.2) is 9.97 Å². The maximum Gasteiger partial charge on any atom is 0.134 e. The van der Waals surface area contributed by atoms with E-state index in [0.29, 0.717) is 5.82 Å². The largest absolute Gasteiger partial charge is 0.383 e. The lowest BCUT2D eigenvalue weighted by atomic mass is 9.97. The molecule has 1 rings (SSSR count). The van der Waals surface area contributed by atoms with Gasteiger partial charge in [0.25, 0.3) is 0 Å². The van der Waals surface area contributed by atoms with Gasteiger partial charge in [0, 0.05) is 5.56 Å². The molecule has 0 spiro atoms. The first-order chi connectivity index (χ1) is 7.61. The van der Waals surface area contributed by atoms with Crippen LogP contribution >= 0.6 is 0 Å². The molecular formula is C13H17N3. The minimum Gasteiger partial charge on any atom is -0.383 e. The molecule has 0 atom stereocenters. The maximum atomic E-state index is 5.87. The minimum atomic E-state index is 0.492. The fraction of sp³-hybridized carbons (Fsp3) is 0.231. The van der Waals surface area contributed by atoms with Gasteiger partial charge in [0.2, 0.25) is 0 Å². The molecule has 0 aliphatic carbocycles. The van der Waals surface area contributed by atoms with Crippen molar-refractivity contribution < 1.29 is 0 Å². The van der Waals surface area contributed by atoms with E-state index >= 15 is 0 Å². The third-order valence-corrected chi connectivity index (χ3v) is 2.34. The van der Waals surface area contributed by atoms with Crippen LogP contribution in [0.1, 0.15) is 25.1 Å². The van der Waals surface area contributed by atoms with Crippen LogP contribution < -0.4 is 5.73 Å². The Hall–Kier alpha value is -1.90. The lowest BCUT2D eigenvalue weighted by molar-refractivity contribution is 1.09. The molecule has 3 heteroatoms. The van der Waals surface area contributed by atoms with Gasteiger partial charge in [-0.1, -0.05) is 24.8 Å². The molecule has 2 N–H and O–H groups in total. The van der Waals surface area contributed by atoms with Crippen molar-refractivity contribution in [3.8, 4) is 0 Å². The summed E-state index contributed by atoms with van der Waals surface area (Å²) in [5.41, 5.74) is 9.50. The molecule has 84 valence electrons. The number of anilines is 1. The second kappa shape index (κ2) is 5.26. The van der Waals surface area contributed by atoms with Gasteiger partial charge in [0.05, 0.1) is 5.69 Å². The Morgan fingerprint density at radius 2 is 2.06 bits per heavy atom. The number of aryl methyl sites for hydroxylation is 1. The van der Waals surface area contributed by atoms with Crippen molar-refractivity contribution in [1.29, 1.82) is 0 Å². The fourth-order valence-corrected chi connectivity index (χ4v) is 1.61. The van der Waals surface area contributed by atoms with E-state index in [4.69, 9.17) is 5.73 Å². The summed E-state index contributed by atoms with van der Waals surface area (Å²) in [6.45, 7) is 9.83. The molecule has 1 aromatic heterocycles. The molecule has 1 aromatic rings. The first-order valence-electron chi connectivity index (χ1n) is 5.17. The number of hydrogen-bond acceptors (Lipinski definition) is 3. The molecule has 0 aromatic carbocycles. The zero-order valence-corrected chi connectivity index (χ0v) is 9.99. The second-order valence-electron chi connectivity index (χ2n) is 3.45. The molecule has 0 amide bonds. The molecule has 0 bridgehead atoms. The summed E-state index contributed by atoms with van der Waals surface area (Å²) in [5.74, 6) is 0.492. The van der Waals surface area contributed by atoms with Crippen molar-refractivity contribution in [2.24, 2.45) is 0 Å². The molecular weight excluding hydrogens is 198 g/mol. The Morgan fingerprint density at radius 1 is 1.38 bits per heavy atom. The summed E-state index contributed by atoms with van der Waals surface area (Å²) in [6, 6.07) is 0. The number of hydrogen-bond donors (Lipinski definition) is 1. The van der Waals surface area contributed by atoms with Gasteiger partial charge in [-0.3, -0.25) is 0 Å². The van der Waals surface area contributed by atoms with E-state index in [1.54, 1.807) is 0 Å². The first-order valence-corrected chi connectivity index (χ1v) is 5.17. The number of aromatic nitrogens is 2. The average Bonchev–Trinajstić information content (AvgIpc) is 2.24. The van der Waals surface area contributed by atoms with Crippen molar-refractivity contribution in [3.63, 3.8) is 0 Å². The maximum absolute atomic E-state index is 5.87. The average molecular weight is 215 g/mol. The summed E-state index contributed by atoms with van der Waals surface area (Å²) in [7, 11) is 0. The number of nitrogens with two attached hydrogens (primary N) is 1. The summed E-state index contributed by atoms with van der Waals surface area (Å²) < 4.78 is 0. The molecule has 0 unspecified atom stereocenters. The van der Waals surface area contributed by atoms with Crippen molar-refractivity contribution in [2.75, 3.05) is 5.73 Å². The normalized spacial score (nSPS) is 12.1. The number of nitrogens with zero attached hydrogens (tertiary/aromatic N) is 2. The molecule has 0 saturated heterocycles. The predicted molar refractivity (Wildman–Crippen MR) is 68.8 cm³/mol. The van der Waals surface area contributed by atoms with E-state index in [2.05, 4.69) is 16.5 Å². The van der Waals surface area contributed by atoms with Gasteiger partial charge in [0.15, 0.2) is 0 Å². The predicted octanol–water partition coefficient (Wildman–Crippen LogP) is 2.90. The lowest BCUT2D eigenvalue weighted by Crippen LogP contribution is -2.02. The van der Waals surface area contributed by atoms with E-state index in [0.717, 1.165) is 22.4 Å². The van der Waals surface area contributed by atoms with E-state index in [1.165, 1.54) is 6.33 Å². The number of allylic oxidation sites excluding steroid dienone is 5. The van der Waals surface area contributed by atoms with Crippen LogP contribution in [0, 0.1) is 6.92 Å². The van der Waals surface area contributed by atoms with E-state index in [1.807, 2.05) is 39.0 Å². The van der Waals surface area contributed by atoms with Gasteiger partial charge in [-0.05, 0) is 31.9 Å². The molecule has 0 aliphatic rings. The van der Waals surface area contributed by atoms with Crippen molar-refractivity contribution in [2.45, 2.75) is 20.8 Å². The Bertz CT molecular complexity index is 436. The highest BCUT2D eigenvalue weighted by Gasteiger charge is 2.11. The Balaban J connectivity index is 3.31. The highest BCUT2D eigenvalue weighted by molar-refractivity contribution is 5.86. The lowest BCUT2D eigenvalue weighted by Gasteiger charge is -2.11. The van der Waals surface area contributed by atoms with Crippen LogP contribution in [0.5, 0.6) is 0 Å². The molecule has 1 heterocycles. The highest BCUT2D eigenvalue weighted by Crippen LogP contribution is 2.28. The van der Waals surface area contributed by atoms with Crippen LogP contribution in [0.3, 0.4) is 0 Å². The molecule has 16 heavy (non-hydrogen) atoms. The van der Waals surface area contributed by atoms with Gasteiger partial charge in [0.1, 0.15) is 12.1 Å². The number of rotatable bonds is 3. The third kappa shape index (κ3) is 2.37. The van der Waals surface area contributed by atoms with Gasteiger partial charge in [-0.2, -0.15) is 0 Å². The van der Waals surface area contributed by atoms with Crippen LogP contribution in [0.2, 0.25) is 0 Å². The quantitative estimate of drug-likeness (QED) is 0.789. The number of nitrogen functional groups attached to an aromatic ring is 1. The van der Waals surface area contributed by atoms with Gasteiger partial charge >= 0.3 is 0 Å². The van der Waals surface area contributed by atoms with Crippen molar-refractivity contribution in [1.82, 2.24) is 9.97 Å². The zero-order chi connectivity index (χ0) is 12.1. The molecule has 0 fully saturated rings. The minimum absolute atomic E-state index is 0.492.